The van der Waals surface area contributed by atoms with Crippen LogP contribution in [0.4, 0.5) is 16.0 Å². The number of benzene rings is 2. The van der Waals surface area contributed by atoms with Gasteiger partial charge >= 0.3 is 0 Å². The number of aromatic amines is 1. The fourth-order valence-electron chi connectivity index (χ4n) is 3.73. The van der Waals surface area contributed by atoms with Gasteiger partial charge in [-0.05, 0) is 41.8 Å². The highest BCUT2D eigenvalue weighted by Gasteiger charge is 2.23. The number of nitrogens with zero attached hydrogens (tertiary/aromatic N) is 4. The summed E-state index contributed by atoms with van der Waals surface area (Å²) in [6.45, 7) is 2.43. The number of nitrogens with one attached hydrogen (secondary N) is 2. The zero-order valence-corrected chi connectivity index (χ0v) is 16.2. The first-order chi connectivity index (χ1) is 14.2. The minimum atomic E-state index is -0.318. The van der Waals surface area contributed by atoms with Crippen molar-refractivity contribution in [2.75, 3.05) is 11.9 Å². The maximum atomic E-state index is 13.7. The lowest BCUT2D eigenvalue weighted by molar-refractivity contribution is 0.241. The third-order valence-corrected chi connectivity index (χ3v) is 5.30. The van der Waals surface area contributed by atoms with Crippen LogP contribution in [-0.2, 0) is 19.5 Å². The van der Waals surface area contributed by atoms with Crippen molar-refractivity contribution in [2.45, 2.75) is 19.5 Å². The van der Waals surface area contributed by atoms with Crippen LogP contribution < -0.4 is 5.32 Å². The Bertz CT molecular complexity index is 1180. The van der Waals surface area contributed by atoms with Crippen molar-refractivity contribution < 1.29 is 4.39 Å². The van der Waals surface area contributed by atoms with E-state index in [2.05, 4.69) is 42.5 Å². The average Bonchev–Trinajstić information content (AvgIpc) is 3.10. The Morgan fingerprint density at radius 1 is 1.10 bits per heavy atom. The van der Waals surface area contributed by atoms with E-state index in [1.165, 1.54) is 17.7 Å². The van der Waals surface area contributed by atoms with Crippen molar-refractivity contribution in [1.82, 2.24) is 25.1 Å². The van der Waals surface area contributed by atoms with Crippen LogP contribution in [0.15, 0.2) is 48.5 Å². The van der Waals surface area contributed by atoms with Crippen molar-refractivity contribution in [3.8, 4) is 0 Å². The molecular formula is C21H18ClFN6. The number of fused-ring (bicyclic) bond motifs is 2. The summed E-state index contributed by atoms with van der Waals surface area (Å²) >= 11 is 6.20. The molecule has 2 N–H and O–H groups in total. The van der Waals surface area contributed by atoms with Crippen LogP contribution in [0.3, 0.4) is 0 Å². The number of rotatable bonds is 4. The maximum absolute atomic E-state index is 13.7. The molecule has 2 aromatic heterocycles. The molecular weight excluding hydrogens is 391 g/mol. The number of hydrogen-bond donors (Lipinski definition) is 2. The SMILES string of the molecule is Fc1ccc2[nH]nc(Nc3nc(Cl)nc4c3CCN(Cc3ccccc3)C4)c2c1. The van der Waals surface area contributed by atoms with Gasteiger partial charge in [0.05, 0.1) is 11.2 Å². The first-order valence-corrected chi connectivity index (χ1v) is 9.76. The van der Waals surface area contributed by atoms with Gasteiger partial charge in [0.2, 0.25) is 5.28 Å². The third-order valence-electron chi connectivity index (χ3n) is 5.13. The van der Waals surface area contributed by atoms with E-state index < -0.39 is 0 Å². The first kappa shape index (κ1) is 18.0. The van der Waals surface area contributed by atoms with Crippen molar-refractivity contribution in [3.05, 3.63) is 76.5 Å². The van der Waals surface area contributed by atoms with Crippen LogP contribution in [0.5, 0.6) is 0 Å². The highest BCUT2D eigenvalue weighted by molar-refractivity contribution is 6.28. The molecule has 0 bridgehead atoms. The molecule has 0 aliphatic carbocycles. The van der Waals surface area contributed by atoms with Gasteiger partial charge in [0.15, 0.2) is 5.82 Å². The molecule has 0 atom stereocenters. The lowest BCUT2D eigenvalue weighted by Gasteiger charge is -2.29. The van der Waals surface area contributed by atoms with E-state index in [9.17, 15) is 4.39 Å². The Balaban J connectivity index is 1.43. The molecule has 0 radical (unpaired) electrons. The smallest absolute Gasteiger partial charge is 0.224 e. The molecule has 1 aliphatic rings. The van der Waals surface area contributed by atoms with Crippen LogP contribution in [0.25, 0.3) is 10.9 Å². The van der Waals surface area contributed by atoms with Crippen molar-refractivity contribution in [2.24, 2.45) is 0 Å². The summed E-state index contributed by atoms with van der Waals surface area (Å²) in [5.41, 5.74) is 3.93. The van der Waals surface area contributed by atoms with Gasteiger partial charge in [0.25, 0.3) is 0 Å². The molecule has 0 unspecified atom stereocenters. The number of halogens is 2. The summed E-state index contributed by atoms with van der Waals surface area (Å²) in [5.74, 6) is 0.821. The lowest BCUT2D eigenvalue weighted by Crippen LogP contribution is -2.31. The molecule has 5 rings (SSSR count). The Hall–Kier alpha value is -3.03. The van der Waals surface area contributed by atoms with E-state index >= 15 is 0 Å². The van der Waals surface area contributed by atoms with E-state index in [-0.39, 0.29) is 11.1 Å². The number of anilines is 2. The molecule has 8 heteroatoms. The topological polar surface area (TPSA) is 69.7 Å². The van der Waals surface area contributed by atoms with E-state index in [1.54, 1.807) is 6.07 Å². The number of hydrogen-bond acceptors (Lipinski definition) is 5. The Morgan fingerprint density at radius 2 is 1.97 bits per heavy atom. The van der Waals surface area contributed by atoms with Gasteiger partial charge in [-0.3, -0.25) is 10.00 Å². The summed E-state index contributed by atoms with van der Waals surface area (Å²) in [6, 6.07) is 14.9. The van der Waals surface area contributed by atoms with Crippen LogP contribution in [0.1, 0.15) is 16.8 Å². The largest absolute Gasteiger partial charge is 0.323 e. The van der Waals surface area contributed by atoms with Crippen molar-refractivity contribution >= 4 is 34.1 Å². The van der Waals surface area contributed by atoms with Gasteiger partial charge in [-0.1, -0.05) is 30.3 Å². The first-order valence-electron chi connectivity index (χ1n) is 9.38. The fourth-order valence-corrected chi connectivity index (χ4v) is 3.91. The maximum Gasteiger partial charge on any atom is 0.224 e. The molecule has 0 amide bonds. The molecule has 0 fully saturated rings. The molecule has 146 valence electrons. The Morgan fingerprint density at radius 3 is 2.83 bits per heavy atom. The van der Waals surface area contributed by atoms with Crippen molar-refractivity contribution in [3.63, 3.8) is 0 Å². The molecule has 4 aromatic rings. The van der Waals surface area contributed by atoms with E-state index in [4.69, 9.17) is 11.6 Å². The Kier molecular flexibility index (Phi) is 4.61. The predicted molar refractivity (Wildman–Crippen MR) is 111 cm³/mol. The summed E-state index contributed by atoms with van der Waals surface area (Å²) in [4.78, 5) is 11.2. The zero-order valence-electron chi connectivity index (χ0n) is 15.5. The van der Waals surface area contributed by atoms with Crippen molar-refractivity contribution in [1.29, 1.82) is 0 Å². The summed E-state index contributed by atoms with van der Waals surface area (Å²) in [5, 5.41) is 11.2. The molecule has 3 heterocycles. The summed E-state index contributed by atoms with van der Waals surface area (Å²) < 4.78 is 13.7. The van der Waals surface area contributed by atoms with Gasteiger partial charge in [-0.15, -0.1) is 0 Å². The highest BCUT2D eigenvalue weighted by atomic mass is 35.5. The lowest BCUT2D eigenvalue weighted by atomic mass is 10.0. The minimum absolute atomic E-state index is 0.179. The van der Waals surface area contributed by atoms with Gasteiger partial charge in [0, 0.05) is 30.6 Å². The van der Waals surface area contributed by atoms with Crippen LogP contribution in [-0.4, -0.2) is 31.6 Å². The van der Waals surface area contributed by atoms with E-state index in [0.29, 0.717) is 23.6 Å². The summed E-state index contributed by atoms with van der Waals surface area (Å²) in [6.07, 6.45) is 0.790. The quantitative estimate of drug-likeness (QED) is 0.488. The second-order valence-corrected chi connectivity index (χ2v) is 7.44. The normalized spacial score (nSPS) is 14.1. The van der Waals surface area contributed by atoms with Gasteiger partial charge < -0.3 is 5.32 Å². The van der Waals surface area contributed by atoms with Crippen LogP contribution >= 0.6 is 11.6 Å². The van der Waals surface area contributed by atoms with E-state index in [0.717, 1.165) is 36.3 Å². The van der Waals surface area contributed by atoms with Gasteiger partial charge in [0.1, 0.15) is 11.6 Å². The number of aromatic nitrogens is 4. The molecule has 0 saturated carbocycles. The second-order valence-electron chi connectivity index (χ2n) is 7.10. The standard InChI is InChI=1S/C21H18ClFN6/c22-21-24-18-12-29(11-13-4-2-1-3-5-13)9-8-15(18)19(26-21)25-20-16-10-14(23)6-7-17(16)27-28-20/h1-7,10H,8-9,11-12H2,(H2,24,25,26,27,28). The summed E-state index contributed by atoms with van der Waals surface area (Å²) in [7, 11) is 0. The third kappa shape index (κ3) is 3.66. The molecule has 6 nitrogen and oxygen atoms in total. The monoisotopic (exact) mass is 408 g/mol. The zero-order chi connectivity index (χ0) is 19.8. The van der Waals surface area contributed by atoms with Crippen LogP contribution in [0, 0.1) is 5.82 Å². The Labute approximate surface area is 171 Å². The minimum Gasteiger partial charge on any atom is -0.323 e. The second kappa shape index (κ2) is 7.42. The highest BCUT2D eigenvalue weighted by Crippen LogP contribution is 2.30. The predicted octanol–water partition coefficient (Wildman–Crippen LogP) is 4.45. The van der Waals surface area contributed by atoms with E-state index in [1.807, 2.05) is 18.2 Å². The van der Waals surface area contributed by atoms with Gasteiger partial charge in [-0.2, -0.15) is 5.10 Å². The molecule has 2 aromatic carbocycles. The molecule has 0 saturated heterocycles. The molecule has 29 heavy (non-hydrogen) atoms. The van der Waals surface area contributed by atoms with Gasteiger partial charge in [-0.25, -0.2) is 14.4 Å². The fraction of sp³-hybridized carbons (Fsp3) is 0.190. The molecule has 0 spiro atoms. The average molecular weight is 409 g/mol. The molecule has 1 aliphatic heterocycles. The number of H-pyrrole nitrogens is 1. The van der Waals surface area contributed by atoms with Crippen LogP contribution in [0.2, 0.25) is 5.28 Å².